The first-order valence-electron chi connectivity index (χ1n) is 11.2. The van der Waals surface area contributed by atoms with Crippen LogP contribution >= 0.6 is 11.8 Å². The number of benzene rings is 3. The lowest BCUT2D eigenvalue weighted by atomic mass is 9.96. The molecule has 7 heteroatoms. The zero-order chi connectivity index (χ0) is 23.9. The van der Waals surface area contributed by atoms with E-state index in [4.69, 9.17) is 9.72 Å². The van der Waals surface area contributed by atoms with E-state index in [1.807, 2.05) is 48.5 Å². The highest BCUT2D eigenvalue weighted by Crippen LogP contribution is 2.27. The number of hydrogen-bond acceptors (Lipinski definition) is 5. The van der Waals surface area contributed by atoms with Gasteiger partial charge in [0.2, 0.25) is 5.91 Å². The van der Waals surface area contributed by atoms with Gasteiger partial charge >= 0.3 is 0 Å². The molecule has 0 spiro atoms. The standard InChI is InChI=1S/C27H27N3O3S/c1-3-19(20-11-5-4-6-12-20)17-28-25(31)18-34-27-29-22-14-8-7-13-21(22)26(32)30(27)23-15-9-10-16-24(23)33-2/h4-16,19H,3,17-18H2,1-2H3,(H,28,31). The summed E-state index contributed by atoms with van der Waals surface area (Å²) in [7, 11) is 1.56. The fourth-order valence-electron chi connectivity index (χ4n) is 3.88. The lowest BCUT2D eigenvalue weighted by Gasteiger charge is -2.17. The van der Waals surface area contributed by atoms with E-state index in [1.54, 1.807) is 25.3 Å². The predicted molar refractivity (Wildman–Crippen MR) is 137 cm³/mol. The Morgan fingerprint density at radius 1 is 1.03 bits per heavy atom. The topological polar surface area (TPSA) is 73.2 Å². The van der Waals surface area contributed by atoms with Crippen molar-refractivity contribution < 1.29 is 9.53 Å². The summed E-state index contributed by atoms with van der Waals surface area (Å²) in [6.07, 6.45) is 0.928. The van der Waals surface area contributed by atoms with Crippen LogP contribution in [0.3, 0.4) is 0 Å². The number of aromatic nitrogens is 2. The number of rotatable bonds is 9. The Hall–Kier alpha value is -3.58. The molecule has 1 atom stereocenters. The van der Waals surface area contributed by atoms with E-state index >= 15 is 0 Å². The summed E-state index contributed by atoms with van der Waals surface area (Å²) >= 11 is 1.24. The van der Waals surface area contributed by atoms with Crippen LogP contribution in [0.5, 0.6) is 5.75 Å². The van der Waals surface area contributed by atoms with Crippen LogP contribution in [0.4, 0.5) is 0 Å². The molecule has 0 saturated carbocycles. The van der Waals surface area contributed by atoms with Gasteiger partial charge in [0.1, 0.15) is 5.75 Å². The lowest BCUT2D eigenvalue weighted by molar-refractivity contribution is -0.118. The summed E-state index contributed by atoms with van der Waals surface area (Å²) < 4.78 is 7.02. The second-order valence-electron chi connectivity index (χ2n) is 7.83. The van der Waals surface area contributed by atoms with Crippen LogP contribution in [-0.2, 0) is 4.79 Å². The minimum atomic E-state index is -0.201. The highest BCUT2D eigenvalue weighted by atomic mass is 32.2. The molecule has 0 aliphatic carbocycles. The van der Waals surface area contributed by atoms with Gasteiger partial charge in [-0.25, -0.2) is 4.98 Å². The number of fused-ring (bicyclic) bond motifs is 1. The van der Waals surface area contributed by atoms with E-state index in [9.17, 15) is 9.59 Å². The van der Waals surface area contributed by atoms with Crippen LogP contribution in [0.1, 0.15) is 24.8 Å². The van der Waals surface area contributed by atoms with Crippen molar-refractivity contribution in [2.24, 2.45) is 0 Å². The van der Waals surface area contributed by atoms with Crippen molar-refractivity contribution in [3.05, 3.63) is 94.8 Å². The Balaban J connectivity index is 1.58. The molecule has 1 unspecified atom stereocenters. The van der Waals surface area contributed by atoms with Crippen LogP contribution in [0, 0.1) is 0 Å². The smallest absolute Gasteiger partial charge is 0.266 e. The third-order valence-electron chi connectivity index (χ3n) is 5.71. The van der Waals surface area contributed by atoms with Crippen molar-refractivity contribution in [1.82, 2.24) is 14.9 Å². The van der Waals surface area contributed by atoms with Gasteiger partial charge in [0.25, 0.3) is 5.56 Å². The van der Waals surface area contributed by atoms with Crippen LogP contribution in [0.2, 0.25) is 0 Å². The summed E-state index contributed by atoms with van der Waals surface area (Å²) in [4.78, 5) is 30.9. The van der Waals surface area contributed by atoms with Gasteiger partial charge in [0, 0.05) is 12.5 Å². The van der Waals surface area contributed by atoms with Gasteiger partial charge in [0.15, 0.2) is 5.16 Å². The second kappa shape index (κ2) is 11.0. The van der Waals surface area contributed by atoms with Crippen LogP contribution in [0.25, 0.3) is 16.6 Å². The van der Waals surface area contributed by atoms with Gasteiger partial charge in [-0.05, 0) is 36.2 Å². The highest BCUT2D eigenvalue weighted by Gasteiger charge is 2.18. The van der Waals surface area contributed by atoms with E-state index in [-0.39, 0.29) is 23.1 Å². The van der Waals surface area contributed by atoms with Crippen LogP contribution in [-0.4, -0.2) is 34.9 Å². The summed E-state index contributed by atoms with van der Waals surface area (Å²) in [5.74, 6) is 0.848. The number of para-hydroxylation sites is 3. The maximum Gasteiger partial charge on any atom is 0.266 e. The number of nitrogens with one attached hydrogen (secondary N) is 1. The first-order valence-corrected chi connectivity index (χ1v) is 12.2. The Morgan fingerprint density at radius 2 is 1.74 bits per heavy atom. The van der Waals surface area contributed by atoms with Crippen LogP contribution < -0.4 is 15.6 Å². The third kappa shape index (κ3) is 5.15. The number of hydrogen-bond donors (Lipinski definition) is 1. The van der Waals surface area contributed by atoms with E-state index in [0.29, 0.717) is 34.0 Å². The Morgan fingerprint density at radius 3 is 2.50 bits per heavy atom. The van der Waals surface area contributed by atoms with Crippen LogP contribution in [0.15, 0.2) is 88.8 Å². The van der Waals surface area contributed by atoms with E-state index in [1.165, 1.54) is 21.9 Å². The lowest BCUT2D eigenvalue weighted by Crippen LogP contribution is -2.30. The molecule has 4 aromatic rings. The molecular formula is C27H27N3O3S. The second-order valence-corrected chi connectivity index (χ2v) is 8.78. The van der Waals surface area contributed by atoms with Gasteiger partial charge in [-0.3, -0.25) is 14.2 Å². The third-order valence-corrected chi connectivity index (χ3v) is 6.65. The van der Waals surface area contributed by atoms with E-state index in [2.05, 4.69) is 24.4 Å². The van der Waals surface area contributed by atoms with Gasteiger partial charge < -0.3 is 10.1 Å². The zero-order valence-electron chi connectivity index (χ0n) is 19.2. The molecule has 1 N–H and O–H groups in total. The first kappa shape index (κ1) is 23.6. The zero-order valence-corrected chi connectivity index (χ0v) is 20.0. The molecule has 0 aliphatic heterocycles. The first-order chi connectivity index (χ1) is 16.6. The minimum absolute atomic E-state index is 0.103. The molecule has 3 aromatic carbocycles. The molecule has 1 aromatic heterocycles. The average Bonchev–Trinajstić information content (AvgIpc) is 2.88. The van der Waals surface area contributed by atoms with E-state index in [0.717, 1.165) is 6.42 Å². The summed E-state index contributed by atoms with van der Waals surface area (Å²) in [6, 6.07) is 24.7. The maximum absolute atomic E-state index is 13.4. The van der Waals surface area contributed by atoms with E-state index < -0.39 is 0 Å². The minimum Gasteiger partial charge on any atom is -0.495 e. The highest BCUT2D eigenvalue weighted by molar-refractivity contribution is 7.99. The number of methoxy groups -OCH3 is 1. The molecule has 1 heterocycles. The molecule has 34 heavy (non-hydrogen) atoms. The van der Waals surface area contributed by atoms with Crippen molar-refractivity contribution in [3.8, 4) is 11.4 Å². The van der Waals surface area contributed by atoms with Gasteiger partial charge in [-0.2, -0.15) is 0 Å². The summed E-state index contributed by atoms with van der Waals surface area (Å²) in [5.41, 5.74) is 2.19. The Labute approximate surface area is 203 Å². The van der Waals surface area contributed by atoms with Gasteiger partial charge in [-0.15, -0.1) is 0 Å². The van der Waals surface area contributed by atoms with Crippen molar-refractivity contribution in [3.63, 3.8) is 0 Å². The molecule has 0 bridgehead atoms. The molecule has 0 saturated heterocycles. The number of nitrogens with zero attached hydrogens (tertiary/aromatic N) is 2. The predicted octanol–water partition coefficient (Wildman–Crippen LogP) is 4.80. The van der Waals surface area contributed by atoms with Crippen molar-refractivity contribution >= 4 is 28.6 Å². The number of ether oxygens (including phenoxy) is 1. The number of carbonyl (C=O) groups is 1. The molecular weight excluding hydrogens is 446 g/mol. The molecule has 4 rings (SSSR count). The van der Waals surface area contributed by atoms with Crippen molar-refractivity contribution in [2.45, 2.75) is 24.4 Å². The SMILES string of the molecule is CCC(CNC(=O)CSc1nc2ccccc2c(=O)n1-c1ccccc1OC)c1ccccc1. The van der Waals surface area contributed by atoms with Gasteiger partial charge in [-0.1, -0.05) is 73.3 Å². The maximum atomic E-state index is 13.4. The molecule has 6 nitrogen and oxygen atoms in total. The molecule has 0 fully saturated rings. The summed E-state index contributed by atoms with van der Waals surface area (Å²) in [6.45, 7) is 2.67. The number of thioether (sulfide) groups is 1. The molecule has 0 aliphatic rings. The van der Waals surface area contributed by atoms with Crippen molar-refractivity contribution in [2.75, 3.05) is 19.4 Å². The summed E-state index contributed by atoms with van der Waals surface area (Å²) in [5, 5.41) is 3.99. The number of carbonyl (C=O) groups excluding carboxylic acids is 1. The molecule has 1 amide bonds. The molecule has 0 radical (unpaired) electrons. The largest absolute Gasteiger partial charge is 0.495 e. The Kier molecular flexibility index (Phi) is 7.65. The quantitative estimate of drug-likeness (QED) is 0.279. The fourth-order valence-corrected chi connectivity index (χ4v) is 4.71. The van der Waals surface area contributed by atoms with Crippen molar-refractivity contribution in [1.29, 1.82) is 0 Å². The monoisotopic (exact) mass is 473 g/mol. The average molecular weight is 474 g/mol. The fraction of sp³-hybridized carbons (Fsp3) is 0.222. The Bertz CT molecular complexity index is 1340. The number of amides is 1. The molecule has 174 valence electrons. The normalized spacial score (nSPS) is 11.8. The van der Waals surface area contributed by atoms with Gasteiger partial charge in [0.05, 0.1) is 29.5 Å².